The maximum Gasteiger partial charge on any atom is 0.410 e. The highest BCUT2D eigenvalue weighted by molar-refractivity contribution is 7.99. The molecular formula is C32H47FN4O5S. The summed E-state index contributed by atoms with van der Waals surface area (Å²) in [6, 6.07) is 3.00. The van der Waals surface area contributed by atoms with Crippen LogP contribution in [0, 0.1) is 17.7 Å². The van der Waals surface area contributed by atoms with Crippen LogP contribution >= 0.6 is 11.8 Å². The first-order valence-corrected chi connectivity index (χ1v) is 16.9. The van der Waals surface area contributed by atoms with Crippen molar-refractivity contribution in [2.45, 2.75) is 82.3 Å². The van der Waals surface area contributed by atoms with Gasteiger partial charge >= 0.3 is 6.09 Å². The highest BCUT2D eigenvalue weighted by Crippen LogP contribution is 2.28. The average Bonchev–Trinajstić information content (AvgIpc) is 2.98. The summed E-state index contributed by atoms with van der Waals surface area (Å²) in [4.78, 5) is 36.7. The number of carbonyl (C=O) groups excluding carboxylic acids is 1. The third-order valence-corrected chi connectivity index (χ3v) is 10.1. The molecule has 3 aliphatic heterocycles. The lowest BCUT2D eigenvalue weighted by Crippen LogP contribution is -2.42. The molecule has 43 heavy (non-hydrogen) atoms. The van der Waals surface area contributed by atoms with E-state index in [4.69, 9.17) is 14.2 Å². The van der Waals surface area contributed by atoms with E-state index in [1.54, 1.807) is 17.8 Å². The number of benzene rings is 1. The molecule has 0 saturated carbocycles. The lowest BCUT2D eigenvalue weighted by Gasteiger charge is -2.35. The molecule has 2 aromatic rings. The van der Waals surface area contributed by atoms with Crippen LogP contribution in [0.2, 0.25) is 0 Å². The number of rotatable bonds is 9. The Kier molecular flexibility index (Phi) is 10.9. The fourth-order valence-corrected chi connectivity index (χ4v) is 7.18. The fourth-order valence-electron chi connectivity index (χ4n) is 6.13. The van der Waals surface area contributed by atoms with E-state index in [2.05, 4.69) is 14.9 Å². The zero-order chi connectivity index (χ0) is 30.4. The Morgan fingerprint density at radius 2 is 1.77 bits per heavy atom. The standard InChI is InChI=1S/C32H47FN4O5S/c1-32(2,3)42-31(39)37-14-7-22(8-15-37)4-11-36-12-5-23(6-13-36)20-41-24-18-26(33)29-27(19-24)34-28(35-30(29)38)21-43-25-9-16-40-17-10-25/h18-19,22-23,25H,4-17,20-21H2,1-3H3,(H,34,35,38). The number of amides is 1. The average molecular weight is 619 g/mol. The van der Waals surface area contributed by atoms with E-state index in [0.29, 0.717) is 46.5 Å². The monoisotopic (exact) mass is 618 g/mol. The second-order valence-corrected chi connectivity index (χ2v) is 14.5. The molecule has 3 saturated heterocycles. The van der Waals surface area contributed by atoms with Gasteiger partial charge in [-0.05, 0) is 97.2 Å². The summed E-state index contributed by atoms with van der Waals surface area (Å²) in [5, 5.41) is 0.465. The van der Waals surface area contributed by atoms with E-state index >= 15 is 0 Å². The molecule has 4 heterocycles. The van der Waals surface area contributed by atoms with Crippen molar-refractivity contribution in [1.82, 2.24) is 19.8 Å². The number of likely N-dealkylation sites (tertiary alicyclic amines) is 2. The van der Waals surface area contributed by atoms with E-state index in [0.717, 1.165) is 90.9 Å². The Morgan fingerprint density at radius 1 is 1.07 bits per heavy atom. The molecule has 5 rings (SSSR count). The number of aromatic nitrogens is 2. The number of fused-ring (bicyclic) bond motifs is 1. The van der Waals surface area contributed by atoms with Crippen molar-refractivity contribution in [1.29, 1.82) is 0 Å². The molecule has 11 heteroatoms. The summed E-state index contributed by atoms with van der Waals surface area (Å²) < 4.78 is 31.9. The van der Waals surface area contributed by atoms with Crippen LogP contribution in [0.1, 0.15) is 71.5 Å². The van der Waals surface area contributed by atoms with Crippen LogP contribution in [-0.4, -0.2) is 89.3 Å². The number of hydrogen-bond acceptors (Lipinski definition) is 8. The molecule has 0 aliphatic carbocycles. The molecule has 0 unspecified atom stereocenters. The van der Waals surface area contributed by atoms with Crippen LogP contribution in [0.25, 0.3) is 10.9 Å². The highest BCUT2D eigenvalue weighted by Gasteiger charge is 2.28. The fraction of sp³-hybridized carbons (Fsp3) is 0.719. The zero-order valence-corrected chi connectivity index (χ0v) is 26.7. The topological polar surface area (TPSA) is 97.0 Å². The molecule has 1 N–H and O–H groups in total. The minimum atomic E-state index is -0.600. The SMILES string of the molecule is CC(C)(C)OC(=O)N1CCC(CCN2CCC(COc3cc(F)c4c(=O)[nH]c(CSC5CCOCC5)nc4c3)CC2)CC1. The first-order valence-electron chi connectivity index (χ1n) is 15.9. The van der Waals surface area contributed by atoms with Crippen molar-refractivity contribution < 1.29 is 23.4 Å². The van der Waals surface area contributed by atoms with Gasteiger partial charge in [-0.25, -0.2) is 14.2 Å². The van der Waals surface area contributed by atoms with Crippen LogP contribution in [0.4, 0.5) is 9.18 Å². The first kappa shape index (κ1) is 32.0. The minimum absolute atomic E-state index is 0.0176. The van der Waals surface area contributed by atoms with E-state index in [1.807, 2.05) is 25.7 Å². The maximum atomic E-state index is 14.9. The molecule has 3 fully saturated rings. The molecule has 9 nitrogen and oxygen atoms in total. The van der Waals surface area contributed by atoms with Gasteiger partial charge in [0.2, 0.25) is 0 Å². The normalized spacial score (nSPS) is 20.0. The number of piperidine rings is 2. The van der Waals surface area contributed by atoms with Gasteiger partial charge in [0.05, 0.1) is 17.9 Å². The van der Waals surface area contributed by atoms with Gasteiger partial charge in [0.1, 0.15) is 28.4 Å². The molecule has 1 amide bonds. The van der Waals surface area contributed by atoms with E-state index in [1.165, 1.54) is 6.07 Å². The lowest BCUT2D eigenvalue weighted by molar-refractivity contribution is 0.0176. The number of thioether (sulfide) groups is 1. The summed E-state index contributed by atoms with van der Waals surface area (Å²) in [5.74, 6) is 2.01. The number of hydrogen-bond donors (Lipinski definition) is 1. The molecule has 0 bridgehead atoms. The Labute approximate surface area is 258 Å². The summed E-state index contributed by atoms with van der Waals surface area (Å²) in [6.07, 6.45) is 7.08. The van der Waals surface area contributed by atoms with Gasteiger partial charge in [0, 0.05) is 43.7 Å². The predicted molar refractivity (Wildman–Crippen MR) is 167 cm³/mol. The van der Waals surface area contributed by atoms with Gasteiger partial charge < -0.3 is 29.0 Å². The summed E-state index contributed by atoms with van der Waals surface area (Å²) >= 11 is 1.76. The van der Waals surface area contributed by atoms with Crippen molar-refractivity contribution >= 4 is 28.8 Å². The van der Waals surface area contributed by atoms with E-state index in [9.17, 15) is 14.0 Å². The summed E-state index contributed by atoms with van der Waals surface area (Å²) in [6.45, 7) is 12.5. The quantitative estimate of drug-likeness (QED) is 0.388. The Morgan fingerprint density at radius 3 is 2.47 bits per heavy atom. The van der Waals surface area contributed by atoms with Crippen molar-refractivity contribution in [2.24, 2.45) is 11.8 Å². The molecule has 1 aromatic heterocycles. The van der Waals surface area contributed by atoms with Gasteiger partial charge in [-0.1, -0.05) is 0 Å². The van der Waals surface area contributed by atoms with Gasteiger partial charge in [0.15, 0.2) is 0 Å². The molecule has 0 spiro atoms. The van der Waals surface area contributed by atoms with Crippen LogP contribution in [0.3, 0.4) is 0 Å². The Hall–Kier alpha value is -2.37. The second kappa shape index (κ2) is 14.6. The zero-order valence-electron chi connectivity index (χ0n) is 25.9. The molecule has 3 aliphatic rings. The van der Waals surface area contributed by atoms with Crippen molar-refractivity contribution in [2.75, 3.05) is 52.5 Å². The van der Waals surface area contributed by atoms with Crippen LogP contribution in [0.5, 0.6) is 5.75 Å². The predicted octanol–water partition coefficient (Wildman–Crippen LogP) is 5.60. The van der Waals surface area contributed by atoms with Gasteiger partial charge in [-0.15, -0.1) is 0 Å². The van der Waals surface area contributed by atoms with Gasteiger partial charge in [-0.3, -0.25) is 4.79 Å². The lowest BCUT2D eigenvalue weighted by atomic mass is 9.92. The van der Waals surface area contributed by atoms with Crippen molar-refractivity contribution in [3.8, 4) is 5.75 Å². The van der Waals surface area contributed by atoms with E-state index in [-0.39, 0.29) is 11.5 Å². The van der Waals surface area contributed by atoms with Crippen molar-refractivity contribution in [3.63, 3.8) is 0 Å². The largest absolute Gasteiger partial charge is 0.493 e. The molecule has 0 atom stereocenters. The molecule has 238 valence electrons. The molecular weight excluding hydrogens is 571 g/mol. The number of halogens is 1. The second-order valence-electron chi connectivity index (χ2n) is 13.2. The maximum absolute atomic E-state index is 14.9. The summed E-state index contributed by atoms with van der Waals surface area (Å²) in [5.41, 5.74) is -0.562. The van der Waals surface area contributed by atoms with Crippen LogP contribution < -0.4 is 10.3 Å². The van der Waals surface area contributed by atoms with Gasteiger partial charge in [-0.2, -0.15) is 11.8 Å². The van der Waals surface area contributed by atoms with E-state index < -0.39 is 17.0 Å². The van der Waals surface area contributed by atoms with Crippen LogP contribution in [0.15, 0.2) is 16.9 Å². The number of nitrogens with zero attached hydrogens (tertiary/aromatic N) is 3. The number of H-pyrrole nitrogens is 1. The smallest absolute Gasteiger partial charge is 0.410 e. The number of nitrogens with one attached hydrogen (secondary N) is 1. The number of ether oxygens (including phenoxy) is 3. The minimum Gasteiger partial charge on any atom is -0.493 e. The summed E-state index contributed by atoms with van der Waals surface area (Å²) in [7, 11) is 0. The number of aromatic amines is 1. The third kappa shape index (κ3) is 9.31. The molecule has 1 aromatic carbocycles. The number of carbonyl (C=O) groups is 1. The first-order chi connectivity index (χ1) is 20.6. The Balaban J connectivity index is 1.04. The van der Waals surface area contributed by atoms with Crippen LogP contribution in [-0.2, 0) is 15.2 Å². The highest BCUT2D eigenvalue weighted by atomic mass is 32.2. The van der Waals surface area contributed by atoms with Crippen molar-refractivity contribution in [3.05, 3.63) is 34.1 Å². The van der Waals surface area contributed by atoms with Gasteiger partial charge in [0.25, 0.3) is 5.56 Å². The third-order valence-electron chi connectivity index (χ3n) is 8.72. The molecule has 0 radical (unpaired) electrons. The Bertz CT molecular complexity index is 1280.